The Bertz CT molecular complexity index is 237. The van der Waals surface area contributed by atoms with Crippen molar-refractivity contribution in [3.05, 3.63) is 0 Å². The molecular formula is C12H22O3. The molecular weight excluding hydrogens is 192 g/mol. The van der Waals surface area contributed by atoms with Crippen LogP contribution in [0.4, 0.5) is 0 Å². The van der Waals surface area contributed by atoms with Crippen LogP contribution in [0.15, 0.2) is 0 Å². The van der Waals surface area contributed by atoms with E-state index >= 15 is 0 Å². The number of carboxylic acids is 1. The Morgan fingerprint density at radius 2 is 2.07 bits per heavy atom. The van der Waals surface area contributed by atoms with Gasteiger partial charge in [-0.2, -0.15) is 0 Å². The first-order valence-corrected chi connectivity index (χ1v) is 5.79. The van der Waals surface area contributed by atoms with E-state index in [9.17, 15) is 9.90 Å². The molecule has 1 aliphatic rings. The molecule has 0 aliphatic heterocycles. The summed E-state index contributed by atoms with van der Waals surface area (Å²) < 4.78 is 0. The van der Waals surface area contributed by atoms with Crippen LogP contribution in [0.2, 0.25) is 0 Å². The van der Waals surface area contributed by atoms with E-state index in [1.807, 2.05) is 0 Å². The quantitative estimate of drug-likeness (QED) is 0.757. The van der Waals surface area contributed by atoms with E-state index in [0.29, 0.717) is 18.3 Å². The van der Waals surface area contributed by atoms with Crippen molar-refractivity contribution >= 4 is 5.97 Å². The lowest BCUT2D eigenvalue weighted by molar-refractivity contribution is -0.150. The molecule has 0 aromatic rings. The van der Waals surface area contributed by atoms with Crippen molar-refractivity contribution in [2.24, 2.45) is 17.8 Å². The van der Waals surface area contributed by atoms with Gasteiger partial charge in [0.15, 0.2) is 0 Å². The summed E-state index contributed by atoms with van der Waals surface area (Å²) in [4.78, 5) is 10.8. The molecule has 0 saturated heterocycles. The van der Waals surface area contributed by atoms with Crippen LogP contribution in [0.3, 0.4) is 0 Å². The van der Waals surface area contributed by atoms with Crippen LogP contribution in [0, 0.1) is 17.8 Å². The fraction of sp³-hybridized carbons (Fsp3) is 0.917. The van der Waals surface area contributed by atoms with Gasteiger partial charge in [-0.1, -0.05) is 27.2 Å². The SMILES string of the molecule is CC(C)[C@H]1CC[C@H](C)C[C@]1(O)CC(=O)O. The summed E-state index contributed by atoms with van der Waals surface area (Å²) in [5, 5.41) is 19.3. The topological polar surface area (TPSA) is 57.5 Å². The highest BCUT2D eigenvalue weighted by Gasteiger charge is 2.43. The van der Waals surface area contributed by atoms with E-state index in [4.69, 9.17) is 5.11 Å². The van der Waals surface area contributed by atoms with Crippen molar-refractivity contribution in [2.45, 2.75) is 52.1 Å². The molecule has 1 aliphatic carbocycles. The monoisotopic (exact) mass is 214 g/mol. The number of rotatable bonds is 3. The molecule has 0 spiro atoms. The number of aliphatic hydroxyl groups is 1. The van der Waals surface area contributed by atoms with Gasteiger partial charge in [0.2, 0.25) is 0 Å². The molecule has 88 valence electrons. The van der Waals surface area contributed by atoms with Crippen LogP contribution in [0.1, 0.15) is 46.5 Å². The maximum atomic E-state index is 10.8. The first-order valence-electron chi connectivity index (χ1n) is 5.79. The Balaban J connectivity index is 2.80. The highest BCUT2D eigenvalue weighted by molar-refractivity contribution is 5.68. The van der Waals surface area contributed by atoms with Crippen LogP contribution in [-0.2, 0) is 4.79 Å². The maximum absolute atomic E-state index is 10.8. The third kappa shape index (κ3) is 2.94. The zero-order chi connectivity index (χ0) is 11.6. The van der Waals surface area contributed by atoms with Crippen LogP contribution < -0.4 is 0 Å². The molecule has 3 atom stereocenters. The van der Waals surface area contributed by atoms with E-state index in [2.05, 4.69) is 20.8 Å². The van der Waals surface area contributed by atoms with Gasteiger partial charge in [-0.3, -0.25) is 4.79 Å². The molecule has 2 N–H and O–H groups in total. The predicted octanol–water partition coefficient (Wildman–Crippen LogP) is 2.28. The molecule has 0 unspecified atom stereocenters. The van der Waals surface area contributed by atoms with E-state index < -0.39 is 11.6 Å². The molecule has 0 bridgehead atoms. The van der Waals surface area contributed by atoms with Crippen LogP contribution in [0.25, 0.3) is 0 Å². The molecule has 0 radical (unpaired) electrons. The summed E-state index contributed by atoms with van der Waals surface area (Å²) in [6.07, 6.45) is 2.57. The smallest absolute Gasteiger partial charge is 0.306 e. The molecule has 1 saturated carbocycles. The number of hydrogen-bond donors (Lipinski definition) is 2. The number of carboxylic acid groups (broad SMARTS) is 1. The summed E-state index contributed by atoms with van der Waals surface area (Å²) in [5.74, 6) is 0.0215. The molecule has 0 amide bonds. The van der Waals surface area contributed by atoms with Crippen molar-refractivity contribution in [3.8, 4) is 0 Å². The molecule has 15 heavy (non-hydrogen) atoms. The number of aliphatic carboxylic acids is 1. The summed E-state index contributed by atoms with van der Waals surface area (Å²) >= 11 is 0. The van der Waals surface area contributed by atoms with Gasteiger partial charge in [0, 0.05) is 0 Å². The Labute approximate surface area is 91.5 Å². The molecule has 0 aromatic heterocycles. The Kier molecular flexibility index (Phi) is 3.77. The summed E-state index contributed by atoms with van der Waals surface area (Å²) in [5.41, 5.74) is -0.988. The first-order chi connectivity index (χ1) is 6.85. The zero-order valence-electron chi connectivity index (χ0n) is 9.86. The summed E-state index contributed by atoms with van der Waals surface area (Å²) in [7, 11) is 0. The second-order valence-electron chi connectivity index (χ2n) is 5.41. The van der Waals surface area contributed by atoms with Crippen LogP contribution >= 0.6 is 0 Å². The van der Waals surface area contributed by atoms with Gasteiger partial charge in [0.05, 0.1) is 12.0 Å². The second-order valence-corrected chi connectivity index (χ2v) is 5.41. The third-order valence-corrected chi connectivity index (χ3v) is 3.62. The number of hydrogen-bond acceptors (Lipinski definition) is 2. The minimum Gasteiger partial charge on any atom is -0.481 e. The molecule has 0 heterocycles. The van der Waals surface area contributed by atoms with Gasteiger partial charge in [0.1, 0.15) is 0 Å². The lowest BCUT2D eigenvalue weighted by Gasteiger charge is -2.43. The van der Waals surface area contributed by atoms with Gasteiger partial charge < -0.3 is 10.2 Å². The van der Waals surface area contributed by atoms with Crippen molar-refractivity contribution in [1.82, 2.24) is 0 Å². The summed E-state index contributed by atoms with van der Waals surface area (Å²) in [6, 6.07) is 0. The fourth-order valence-electron chi connectivity index (χ4n) is 3.01. The van der Waals surface area contributed by atoms with E-state index in [1.54, 1.807) is 0 Å². The average Bonchev–Trinajstić information content (AvgIpc) is 1.99. The molecule has 3 heteroatoms. The largest absolute Gasteiger partial charge is 0.481 e. The lowest BCUT2D eigenvalue weighted by Crippen LogP contribution is -2.46. The Morgan fingerprint density at radius 1 is 1.47 bits per heavy atom. The zero-order valence-corrected chi connectivity index (χ0v) is 9.86. The second kappa shape index (κ2) is 4.52. The Hall–Kier alpha value is -0.570. The van der Waals surface area contributed by atoms with Crippen molar-refractivity contribution < 1.29 is 15.0 Å². The molecule has 3 nitrogen and oxygen atoms in total. The van der Waals surface area contributed by atoms with Gasteiger partial charge in [0.25, 0.3) is 0 Å². The van der Waals surface area contributed by atoms with Gasteiger partial charge in [-0.05, 0) is 30.6 Å². The van der Waals surface area contributed by atoms with Crippen LogP contribution in [-0.4, -0.2) is 21.8 Å². The minimum absolute atomic E-state index is 0.111. The van der Waals surface area contributed by atoms with Gasteiger partial charge in [-0.15, -0.1) is 0 Å². The standard InChI is InChI=1S/C12H22O3/c1-8(2)10-5-4-9(3)6-12(10,15)7-11(13)14/h8-10,15H,4-7H2,1-3H3,(H,13,14)/t9-,10+,12-/m0/s1. The molecule has 1 rings (SSSR count). The van der Waals surface area contributed by atoms with Gasteiger partial charge >= 0.3 is 5.97 Å². The summed E-state index contributed by atoms with van der Waals surface area (Å²) in [6.45, 7) is 6.21. The van der Waals surface area contributed by atoms with Crippen LogP contribution in [0.5, 0.6) is 0 Å². The Morgan fingerprint density at radius 3 is 2.53 bits per heavy atom. The van der Waals surface area contributed by atoms with Crippen molar-refractivity contribution in [1.29, 1.82) is 0 Å². The van der Waals surface area contributed by atoms with Crippen molar-refractivity contribution in [3.63, 3.8) is 0 Å². The average molecular weight is 214 g/mol. The van der Waals surface area contributed by atoms with Gasteiger partial charge in [-0.25, -0.2) is 0 Å². The molecule has 0 aromatic carbocycles. The lowest BCUT2D eigenvalue weighted by atomic mass is 9.66. The highest BCUT2D eigenvalue weighted by atomic mass is 16.4. The minimum atomic E-state index is -0.988. The number of carbonyl (C=O) groups is 1. The fourth-order valence-corrected chi connectivity index (χ4v) is 3.01. The van der Waals surface area contributed by atoms with E-state index in [-0.39, 0.29) is 12.3 Å². The normalized spacial score (nSPS) is 36.9. The highest BCUT2D eigenvalue weighted by Crippen LogP contribution is 2.42. The maximum Gasteiger partial charge on any atom is 0.306 e. The third-order valence-electron chi connectivity index (χ3n) is 3.62. The van der Waals surface area contributed by atoms with E-state index in [1.165, 1.54) is 0 Å². The van der Waals surface area contributed by atoms with E-state index in [0.717, 1.165) is 12.8 Å². The first kappa shape index (κ1) is 12.5. The predicted molar refractivity (Wildman–Crippen MR) is 58.5 cm³/mol. The van der Waals surface area contributed by atoms with Crippen molar-refractivity contribution in [2.75, 3.05) is 0 Å². The molecule has 1 fully saturated rings.